The lowest BCUT2D eigenvalue weighted by Crippen LogP contribution is -1.87. The highest BCUT2D eigenvalue weighted by Crippen LogP contribution is 2.28. The van der Waals surface area contributed by atoms with E-state index in [2.05, 4.69) is 24.3 Å². The molecule has 0 nitrogen and oxygen atoms in total. The normalized spacial score (nSPS) is 12.4. The zero-order valence-electron chi connectivity index (χ0n) is 11.0. The van der Waals surface area contributed by atoms with E-state index in [4.69, 9.17) is 1.37 Å². The summed E-state index contributed by atoms with van der Waals surface area (Å²) in [6.07, 6.45) is 0. The molecule has 0 radical (unpaired) electrons. The van der Waals surface area contributed by atoms with Crippen LogP contribution in [0.25, 0.3) is 16.3 Å². The maximum absolute atomic E-state index is 7.75. The maximum atomic E-state index is 7.75. The van der Waals surface area contributed by atoms with E-state index in [0.29, 0.717) is 0 Å². The standard InChI is InChI=1S/C18H14/c1-14(15-8-3-2-4-9-15)17-13-7-11-16-10-5-6-12-18(16)17/h2-13H,1H2/i1D. The van der Waals surface area contributed by atoms with Gasteiger partial charge in [-0.3, -0.25) is 0 Å². The monoisotopic (exact) mass is 231 g/mol. The largest absolute Gasteiger partial charge is 0.0905 e. The van der Waals surface area contributed by atoms with E-state index in [0.717, 1.165) is 16.7 Å². The van der Waals surface area contributed by atoms with Crippen molar-refractivity contribution in [3.05, 3.63) is 90.5 Å². The van der Waals surface area contributed by atoms with Crippen LogP contribution in [0.5, 0.6) is 0 Å². The van der Waals surface area contributed by atoms with Gasteiger partial charge in [0.2, 0.25) is 0 Å². The van der Waals surface area contributed by atoms with Crippen LogP contribution in [-0.4, -0.2) is 0 Å². The van der Waals surface area contributed by atoms with Crippen LogP contribution < -0.4 is 0 Å². The molecule has 0 heteroatoms. The summed E-state index contributed by atoms with van der Waals surface area (Å²) in [6.45, 7) is 1.44. The van der Waals surface area contributed by atoms with E-state index in [-0.39, 0.29) is 0 Å². The van der Waals surface area contributed by atoms with Crippen LogP contribution in [0.1, 0.15) is 12.5 Å². The Hall–Kier alpha value is -2.34. The first-order chi connectivity index (χ1) is 9.40. The maximum Gasteiger partial charge on any atom is 0.0544 e. The van der Waals surface area contributed by atoms with Crippen molar-refractivity contribution in [1.29, 1.82) is 0 Å². The molecular formula is C18H14. The first-order valence-corrected chi connectivity index (χ1v) is 6.02. The number of hydrogen-bond donors (Lipinski definition) is 0. The second-order valence-corrected chi connectivity index (χ2v) is 4.31. The molecule has 0 heterocycles. The number of benzene rings is 3. The summed E-state index contributed by atoms with van der Waals surface area (Å²) in [5, 5.41) is 2.39. The van der Waals surface area contributed by atoms with Crippen LogP contribution in [0.2, 0.25) is 0 Å². The van der Waals surface area contributed by atoms with Gasteiger partial charge in [0, 0.05) is 0 Å². The van der Waals surface area contributed by atoms with Crippen LogP contribution in [-0.2, 0) is 0 Å². The van der Waals surface area contributed by atoms with E-state index in [9.17, 15) is 0 Å². The molecule has 0 aliphatic heterocycles. The molecule has 18 heavy (non-hydrogen) atoms. The molecule has 0 bridgehead atoms. The fourth-order valence-corrected chi connectivity index (χ4v) is 2.23. The molecule has 0 aliphatic rings. The summed E-state index contributed by atoms with van der Waals surface area (Å²) in [5.41, 5.74) is 3.14. The summed E-state index contributed by atoms with van der Waals surface area (Å²) in [4.78, 5) is 0. The topological polar surface area (TPSA) is 0 Å². The van der Waals surface area contributed by atoms with E-state index in [1.807, 2.05) is 48.5 Å². The Balaban J connectivity index is 2.24. The number of fused-ring (bicyclic) bond motifs is 1. The third kappa shape index (κ3) is 1.82. The SMILES string of the molecule is [2H]C=C(c1ccccc1)c1cccc2ccccc12. The fourth-order valence-electron chi connectivity index (χ4n) is 2.23. The van der Waals surface area contributed by atoms with Crippen LogP contribution in [0.15, 0.2) is 79.4 Å². The van der Waals surface area contributed by atoms with Crippen LogP contribution in [0.4, 0.5) is 0 Å². The van der Waals surface area contributed by atoms with Gasteiger partial charge < -0.3 is 0 Å². The van der Waals surface area contributed by atoms with Crippen molar-refractivity contribution in [1.82, 2.24) is 0 Å². The minimum absolute atomic E-state index is 0.956. The molecule has 3 aromatic carbocycles. The average Bonchev–Trinajstić information content (AvgIpc) is 2.49. The van der Waals surface area contributed by atoms with E-state index >= 15 is 0 Å². The van der Waals surface area contributed by atoms with Gasteiger partial charge in [0.1, 0.15) is 0 Å². The predicted molar refractivity (Wildman–Crippen MR) is 78.5 cm³/mol. The molecule has 0 fully saturated rings. The molecule has 0 saturated heterocycles. The molecule has 0 unspecified atom stereocenters. The summed E-state index contributed by atoms with van der Waals surface area (Å²) < 4.78 is 7.75. The van der Waals surface area contributed by atoms with Gasteiger partial charge >= 0.3 is 0 Å². The summed E-state index contributed by atoms with van der Waals surface area (Å²) >= 11 is 0. The quantitative estimate of drug-likeness (QED) is 0.588. The molecule has 0 spiro atoms. The lowest BCUT2D eigenvalue weighted by Gasteiger charge is -2.09. The Labute approximate surface area is 109 Å². The zero-order chi connectivity index (χ0) is 13.1. The molecule has 0 atom stereocenters. The first kappa shape index (κ1) is 9.67. The highest BCUT2D eigenvalue weighted by molar-refractivity contribution is 5.97. The second kappa shape index (κ2) is 4.50. The first-order valence-electron chi connectivity index (χ1n) is 6.60. The Bertz CT molecular complexity index is 722. The smallest absolute Gasteiger partial charge is 0.0544 e. The Morgan fingerprint density at radius 2 is 1.50 bits per heavy atom. The van der Waals surface area contributed by atoms with Gasteiger partial charge in [-0.2, -0.15) is 0 Å². The molecule has 0 amide bonds. The van der Waals surface area contributed by atoms with Gasteiger partial charge in [-0.05, 0) is 27.5 Å². The molecule has 3 rings (SSSR count). The highest BCUT2D eigenvalue weighted by Gasteiger charge is 2.05. The van der Waals surface area contributed by atoms with Crippen LogP contribution in [0.3, 0.4) is 0 Å². The third-order valence-corrected chi connectivity index (χ3v) is 3.16. The van der Waals surface area contributed by atoms with Gasteiger partial charge in [-0.1, -0.05) is 79.4 Å². The minimum atomic E-state index is 0.956. The van der Waals surface area contributed by atoms with Crippen LogP contribution in [0, 0.1) is 0 Å². The highest BCUT2D eigenvalue weighted by atomic mass is 14.1. The van der Waals surface area contributed by atoms with Crippen molar-refractivity contribution < 1.29 is 1.37 Å². The van der Waals surface area contributed by atoms with Crippen molar-refractivity contribution in [3.63, 3.8) is 0 Å². The Morgan fingerprint density at radius 1 is 0.778 bits per heavy atom. The van der Waals surface area contributed by atoms with E-state index in [1.54, 1.807) is 0 Å². The molecule has 86 valence electrons. The molecule has 0 N–H and O–H groups in total. The minimum Gasteiger partial charge on any atom is -0.0905 e. The summed E-state index contributed by atoms with van der Waals surface area (Å²) in [7, 11) is 0. The molecule has 0 aromatic heterocycles. The Kier molecular flexibility index (Phi) is 2.42. The molecule has 0 saturated carbocycles. The van der Waals surface area contributed by atoms with E-state index in [1.165, 1.54) is 17.3 Å². The van der Waals surface area contributed by atoms with Gasteiger partial charge in [0.05, 0.1) is 1.37 Å². The molecule has 0 aliphatic carbocycles. The molecule has 3 aromatic rings. The lowest BCUT2D eigenvalue weighted by atomic mass is 9.95. The third-order valence-electron chi connectivity index (χ3n) is 3.16. The van der Waals surface area contributed by atoms with Crippen molar-refractivity contribution in [2.45, 2.75) is 0 Å². The van der Waals surface area contributed by atoms with Crippen molar-refractivity contribution >= 4 is 16.3 Å². The van der Waals surface area contributed by atoms with Gasteiger partial charge in [0.15, 0.2) is 0 Å². The molecular weight excluding hydrogens is 216 g/mol. The van der Waals surface area contributed by atoms with Crippen LogP contribution >= 0.6 is 0 Å². The average molecular weight is 231 g/mol. The van der Waals surface area contributed by atoms with Crippen molar-refractivity contribution in [2.24, 2.45) is 0 Å². The van der Waals surface area contributed by atoms with E-state index < -0.39 is 0 Å². The summed E-state index contributed by atoms with van der Waals surface area (Å²) in [6, 6.07) is 24.6. The number of hydrogen-bond acceptors (Lipinski definition) is 0. The number of rotatable bonds is 2. The van der Waals surface area contributed by atoms with Gasteiger partial charge in [-0.25, -0.2) is 0 Å². The van der Waals surface area contributed by atoms with Gasteiger partial charge in [0.25, 0.3) is 0 Å². The van der Waals surface area contributed by atoms with Crippen molar-refractivity contribution in [2.75, 3.05) is 0 Å². The predicted octanol–water partition coefficient (Wildman–Crippen LogP) is 4.90. The van der Waals surface area contributed by atoms with Gasteiger partial charge in [-0.15, -0.1) is 0 Å². The summed E-state index contributed by atoms with van der Waals surface area (Å²) in [5.74, 6) is 0. The van der Waals surface area contributed by atoms with Crippen molar-refractivity contribution in [3.8, 4) is 0 Å². The fraction of sp³-hybridized carbons (Fsp3) is 0. The zero-order valence-corrected chi connectivity index (χ0v) is 10.0. The second-order valence-electron chi connectivity index (χ2n) is 4.31. The lowest BCUT2D eigenvalue weighted by molar-refractivity contribution is 1.59. The Morgan fingerprint density at radius 3 is 2.33 bits per heavy atom.